The first-order valence-corrected chi connectivity index (χ1v) is 11.2. The number of nitrogens with one attached hydrogen (secondary N) is 1. The van der Waals surface area contributed by atoms with Crippen LogP contribution in [0.2, 0.25) is 15.1 Å². The second-order valence-corrected chi connectivity index (χ2v) is 8.44. The lowest BCUT2D eigenvalue weighted by Gasteiger charge is -2.30. The Morgan fingerprint density at radius 1 is 1.03 bits per heavy atom. The molecular weight excluding hydrogens is 459 g/mol. The van der Waals surface area contributed by atoms with Gasteiger partial charge in [-0.15, -0.1) is 0 Å². The van der Waals surface area contributed by atoms with Gasteiger partial charge in [-0.05, 0) is 68.1 Å². The summed E-state index contributed by atoms with van der Waals surface area (Å²) in [6, 6.07) is 8.08. The van der Waals surface area contributed by atoms with Gasteiger partial charge in [0.05, 0.1) is 10.0 Å². The Kier molecular flexibility index (Phi) is 9.48. The first kappa shape index (κ1) is 25.3. The van der Waals surface area contributed by atoms with E-state index < -0.39 is 6.04 Å². The molecule has 0 aromatic heterocycles. The van der Waals surface area contributed by atoms with Crippen molar-refractivity contribution in [2.24, 2.45) is 0 Å². The summed E-state index contributed by atoms with van der Waals surface area (Å²) in [7, 11) is 0. The second-order valence-electron chi connectivity index (χ2n) is 7.25. The molecule has 2 amide bonds. The van der Waals surface area contributed by atoms with E-state index in [2.05, 4.69) is 5.32 Å². The number of benzene rings is 2. The number of hydrogen-bond acceptors (Lipinski definition) is 3. The number of rotatable bonds is 9. The van der Waals surface area contributed by atoms with E-state index in [4.69, 9.17) is 39.5 Å². The van der Waals surface area contributed by atoms with Crippen molar-refractivity contribution in [3.63, 3.8) is 0 Å². The third kappa shape index (κ3) is 6.76. The number of aryl methyl sites for hydroxylation is 2. The van der Waals surface area contributed by atoms with Crippen LogP contribution in [0.3, 0.4) is 0 Å². The molecule has 31 heavy (non-hydrogen) atoms. The van der Waals surface area contributed by atoms with Crippen LogP contribution in [0.25, 0.3) is 0 Å². The zero-order chi connectivity index (χ0) is 23.1. The Labute approximate surface area is 198 Å². The number of carbonyl (C=O) groups excluding carboxylic acids is 2. The average molecular weight is 486 g/mol. The standard InChI is InChI=1S/C23H27Cl3N2O3/c1-5-20(23(30)27-6-2)28(12-16-7-8-18(24)19(25)11-16)21(29)13-31-17-9-14(3)22(26)15(4)10-17/h7-11,20H,5-6,12-13H2,1-4H3,(H,27,30)/t20-/m0/s1. The molecule has 0 heterocycles. The SMILES string of the molecule is CCNC(=O)[C@H](CC)N(Cc1ccc(Cl)c(Cl)c1)C(=O)COc1cc(C)c(Cl)c(C)c1. The molecule has 0 fully saturated rings. The molecule has 0 spiro atoms. The van der Waals surface area contributed by atoms with E-state index in [9.17, 15) is 9.59 Å². The minimum absolute atomic E-state index is 0.202. The van der Waals surface area contributed by atoms with Gasteiger partial charge in [-0.3, -0.25) is 9.59 Å². The molecule has 0 saturated heterocycles. The van der Waals surface area contributed by atoms with Crippen LogP contribution in [0.15, 0.2) is 30.3 Å². The maximum atomic E-state index is 13.2. The third-order valence-corrected chi connectivity index (χ3v) is 6.18. The molecule has 2 rings (SSSR count). The van der Waals surface area contributed by atoms with Gasteiger partial charge in [0, 0.05) is 18.1 Å². The van der Waals surface area contributed by atoms with Crippen LogP contribution in [0.4, 0.5) is 0 Å². The third-order valence-electron chi connectivity index (χ3n) is 4.85. The highest BCUT2D eigenvalue weighted by Crippen LogP contribution is 2.26. The van der Waals surface area contributed by atoms with Gasteiger partial charge in [0.15, 0.2) is 6.61 Å². The molecule has 168 valence electrons. The quantitative estimate of drug-likeness (QED) is 0.504. The van der Waals surface area contributed by atoms with Gasteiger partial charge in [0.2, 0.25) is 5.91 Å². The van der Waals surface area contributed by atoms with E-state index in [0.717, 1.165) is 16.7 Å². The van der Waals surface area contributed by atoms with Crippen molar-refractivity contribution in [1.29, 1.82) is 0 Å². The van der Waals surface area contributed by atoms with E-state index in [0.29, 0.717) is 33.8 Å². The molecule has 0 bridgehead atoms. The van der Waals surface area contributed by atoms with Crippen LogP contribution in [-0.4, -0.2) is 35.9 Å². The zero-order valence-electron chi connectivity index (χ0n) is 18.1. The summed E-state index contributed by atoms with van der Waals surface area (Å²) in [5, 5.41) is 4.28. The van der Waals surface area contributed by atoms with Crippen molar-refractivity contribution in [3.05, 3.63) is 62.1 Å². The molecule has 2 aromatic carbocycles. The smallest absolute Gasteiger partial charge is 0.261 e. The van der Waals surface area contributed by atoms with E-state index in [-0.39, 0.29) is 25.0 Å². The number of halogens is 3. The summed E-state index contributed by atoms with van der Waals surface area (Å²) < 4.78 is 5.75. The van der Waals surface area contributed by atoms with Crippen molar-refractivity contribution in [2.75, 3.05) is 13.2 Å². The Hall–Kier alpha value is -1.95. The number of carbonyl (C=O) groups is 2. The highest BCUT2D eigenvalue weighted by atomic mass is 35.5. The molecule has 0 aliphatic heterocycles. The van der Waals surface area contributed by atoms with Gasteiger partial charge in [-0.25, -0.2) is 0 Å². The van der Waals surface area contributed by atoms with E-state index >= 15 is 0 Å². The number of hydrogen-bond donors (Lipinski definition) is 1. The highest BCUT2D eigenvalue weighted by Gasteiger charge is 2.28. The van der Waals surface area contributed by atoms with Crippen molar-refractivity contribution in [3.8, 4) is 5.75 Å². The molecule has 0 unspecified atom stereocenters. The first-order valence-electron chi connectivity index (χ1n) is 10.1. The Bertz CT molecular complexity index is 927. The molecule has 1 atom stereocenters. The lowest BCUT2D eigenvalue weighted by Crippen LogP contribution is -2.50. The maximum Gasteiger partial charge on any atom is 0.261 e. The molecular formula is C23H27Cl3N2O3. The first-order chi connectivity index (χ1) is 14.7. The number of amides is 2. The van der Waals surface area contributed by atoms with Gasteiger partial charge in [-0.2, -0.15) is 0 Å². The van der Waals surface area contributed by atoms with Crippen LogP contribution < -0.4 is 10.1 Å². The number of likely N-dealkylation sites (N-methyl/N-ethyl adjacent to an activating group) is 1. The lowest BCUT2D eigenvalue weighted by molar-refractivity contribution is -0.142. The molecule has 0 aliphatic carbocycles. The maximum absolute atomic E-state index is 13.2. The highest BCUT2D eigenvalue weighted by molar-refractivity contribution is 6.42. The lowest BCUT2D eigenvalue weighted by atomic mass is 10.1. The Balaban J connectivity index is 2.26. The van der Waals surface area contributed by atoms with E-state index in [1.54, 1.807) is 30.3 Å². The molecule has 1 N–H and O–H groups in total. The molecule has 5 nitrogen and oxygen atoms in total. The van der Waals surface area contributed by atoms with Crippen LogP contribution in [0.5, 0.6) is 5.75 Å². The molecule has 0 saturated carbocycles. The van der Waals surface area contributed by atoms with Crippen molar-refractivity contribution in [2.45, 2.75) is 46.7 Å². The average Bonchev–Trinajstić information content (AvgIpc) is 2.72. The topological polar surface area (TPSA) is 58.6 Å². The van der Waals surface area contributed by atoms with Crippen LogP contribution in [0, 0.1) is 13.8 Å². The van der Waals surface area contributed by atoms with E-state index in [1.165, 1.54) is 4.90 Å². The van der Waals surface area contributed by atoms with Crippen LogP contribution in [0.1, 0.15) is 37.0 Å². The van der Waals surface area contributed by atoms with Crippen molar-refractivity contribution >= 4 is 46.6 Å². The molecule has 0 radical (unpaired) electrons. The number of nitrogens with zero attached hydrogens (tertiary/aromatic N) is 1. The molecule has 2 aromatic rings. The molecule has 0 aliphatic rings. The molecule has 8 heteroatoms. The fraction of sp³-hybridized carbons (Fsp3) is 0.391. The predicted molar refractivity (Wildman–Crippen MR) is 126 cm³/mol. The fourth-order valence-corrected chi connectivity index (χ4v) is 3.69. The zero-order valence-corrected chi connectivity index (χ0v) is 20.4. The summed E-state index contributed by atoms with van der Waals surface area (Å²) in [6.45, 7) is 7.92. The summed E-state index contributed by atoms with van der Waals surface area (Å²) in [5.74, 6) is 0.0271. The summed E-state index contributed by atoms with van der Waals surface area (Å²) >= 11 is 18.4. The van der Waals surface area contributed by atoms with Crippen LogP contribution >= 0.6 is 34.8 Å². The second kappa shape index (κ2) is 11.6. The fourth-order valence-electron chi connectivity index (χ4n) is 3.26. The van der Waals surface area contributed by atoms with Crippen LogP contribution in [-0.2, 0) is 16.1 Å². The summed E-state index contributed by atoms with van der Waals surface area (Å²) in [4.78, 5) is 27.3. The van der Waals surface area contributed by atoms with Gasteiger partial charge < -0.3 is 15.0 Å². The number of ether oxygens (including phenoxy) is 1. The van der Waals surface area contributed by atoms with Gasteiger partial charge in [0.1, 0.15) is 11.8 Å². The normalized spacial score (nSPS) is 11.7. The Morgan fingerprint density at radius 3 is 2.23 bits per heavy atom. The predicted octanol–water partition coefficient (Wildman–Crippen LogP) is 5.59. The largest absolute Gasteiger partial charge is 0.484 e. The van der Waals surface area contributed by atoms with Gasteiger partial charge in [0.25, 0.3) is 5.91 Å². The Morgan fingerprint density at radius 2 is 1.68 bits per heavy atom. The summed E-state index contributed by atoms with van der Waals surface area (Å²) in [5.41, 5.74) is 2.50. The minimum atomic E-state index is -0.640. The minimum Gasteiger partial charge on any atom is -0.484 e. The van der Waals surface area contributed by atoms with Crippen molar-refractivity contribution < 1.29 is 14.3 Å². The van der Waals surface area contributed by atoms with Crippen molar-refractivity contribution in [1.82, 2.24) is 10.2 Å². The van der Waals surface area contributed by atoms with Gasteiger partial charge >= 0.3 is 0 Å². The monoisotopic (exact) mass is 484 g/mol. The van der Waals surface area contributed by atoms with Gasteiger partial charge in [-0.1, -0.05) is 47.8 Å². The summed E-state index contributed by atoms with van der Waals surface area (Å²) in [6.07, 6.45) is 0.456. The van der Waals surface area contributed by atoms with E-state index in [1.807, 2.05) is 27.7 Å².